The maximum Gasteiger partial charge on any atom is 0.412 e. The number of hydrogen-bond donors (Lipinski definition) is 0. The maximum atomic E-state index is 11.5. The van der Waals surface area contributed by atoms with E-state index >= 15 is 0 Å². The minimum atomic E-state index is -0.390. The number of rotatable bonds is 0. The Balaban J connectivity index is 2.20. The molecule has 1 fully saturated rings. The minimum absolute atomic E-state index is 0.253. The fourth-order valence-corrected chi connectivity index (χ4v) is 2.37. The van der Waals surface area contributed by atoms with Crippen molar-refractivity contribution >= 4 is 6.09 Å². The number of hydrogen-bond acceptors (Lipinski definition) is 4. The molecule has 0 aromatic rings. The van der Waals surface area contributed by atoms with Crippen molar-refractivity contribution in [3.63, 3.8) is 0 Å². The lowest BCUT2D eigenvalue weighted by molar-refractivity contribution is -0.0301. The molecule has 1 saturated heterocycles. The molecule has 16 heavy (non-hydrogen) atoms. The molecule has 2 rings (SSSR count). The van der Waals surface area contributed by atoms with E-state index in [-0.39, 0.29) is 24.2 Å². The first-order valence-electron chi connectivity index (χ1n) is 5.30. The van der Waals surface area contributed by atoms with Crippen molar-refractivity contribution in [1.82, 2.24) is 4.90 Å². The highest BCUT2D eigenvalue weighted by Crippen LogP contribution is 2.37. The van der Waals surface area contributed by atoms with Gasteiger partial charge in [0.1, 0.15) is 6.07 Å². The van der Waals surface area contributed by atoms with Gasteiger partial charge in [-0.05, 0) is 18.4 Å². The van der Waals surface area contributed by atoms with Gasteiger partial charge in [-0.3, -0.25) is 4.90 Å². The second kappa shape index (κ2) is 4.05. The van der Waals surface area contributed by atoms with Gasteiger partial charge >= 0.3 is 6.09 Å². The molecule has 0 spiro atoms. The van der Waals surface area contributed by atoms with Gasteiger partial charge in [0.2, 0.25) is 0 Å². The number of carbonyl (C=O) groups excluding carboxylic acids is 1. The SMILES string of the molecule is COC(=O)N1CC[C@H]2[C@H]1OC(C#N)=C[C@@H]2C. The molecular formula is C11H14N2O3. The van der Waals surface area contributed by atoms with Crippen LogP contribution in [0.4, 0.5) is 4.79 Å². The van der Waals surface area contributed by atoms with Crippen LogP contribution in [0.5, 0.6) is 0 Å². The third-order valence-corrected chi connectivity index (χ3v) is 3.23. The molecule has 2 aliphatic rings. The molecule has 5 heteroatoms. The number of carbonyl (C=O) groups is 1. The summed E-state index contributed by atoms with van der Waals surface area (Å²) in [5.74, 6) is 0.809. The molecular weight excluding hydrogens is 208 g/mol. The summed E-state index contributed by atoms with van der Waals surface area (Å²) in [6, 6.07) is 1.98. The van der Waals surface area contributed by atoms with Crippen molar-refractivity contribution in [3.05, 3.63) is 11.8 Å². The summed E-state index contributed by atoms with van der Waals surface area (Å²) in [4.78, 5) is 13.0. The fourth-order valence-electron chi connectivity index (χ4n) is 2.37. The number of allylic oxidation sites excluding steroid dienone is 2. The van der Waals surface area contributed by atoms with E-state index in [0.29, 0.717) is 12.3 Å². The second-order valence-corrected chi connectivity index (χ2v) is 4.13. The summed E-state index contributed by atoms with van der Waals surface area (Å²) in [5, 5.41) is 8.83. The number of amides is 1. The molecule has 5 nitrogen and oxygen atoms in total. The highest BCUT2D eigenvalue weighted by Gasteiger charge is 2.44. The van der Waals surface area contributed by atoms with Crippen molar-refractivity contribution in [3.8, 4) is 6.07 Å². The van der Waals surface area contributed by atoms with E-state index < -0.39 is 0 Å². The molecule has 0 radical (unpaired) electrons. The van der Waals surface area contributed by atoms with Gasteiger partial charge in [-0.1, -0.05) is 6.92 Å². The van der Waals surface area contributed by atoms with Crippen LogP contribution in [0, 0.1) is 23.2 Å². The van der Waals surface area contributed by atoms with Crippen molar-refractivity contribution in [2.75, 3.05) is 13.7 Å². The largest absolute Gasteiger partial charge is 0.460 e. The van der Waals surface area contributed by atoms with Gasteiger partial charge in [-0.25, -0.2) is 4.79 Å². The monoisotopic (exact) mass is 222 g/mol. The summed E-state index contributed by atoms with van der Waals surface area (Å²) in [6.45, 7) is 2.66. The first-order chi connectivity index (χ1) is 7.67. The molecule has 0 N–H and O–H groups in total. The Hall–Kier alpha value is -1.70. The molecule has 0 aromatic heterocycles. The number of ether oxygens (including phenoxy) is 2. The smallest absolute Gasteiger partial charge is 0.412 e. The maximum absolute atomic E-state index is 11.5. The molecule has 0 bridgehead atoms. The van der Waals surface area contributed by atoms with Crippen LogP contribution >= 0.6 is 0 Å². The van der Waals surface area contributed by atoms with Crippen molar-refractivity contribution < 1.29 is 14.3 Å². The lowest BCUT2D eigenvalue weighted by Crippen LogP contribution is -2.42. The Bertz CT molecular complexity index is 372. The zero-order valence-corrected chi connectivity index (χ0v) is 9.34. The lowest BCUT2D eigenvalue weighted by atomic mass is 9.89. The van der Waals surface area contributed by atoms with Crippen molar-refractivity contribution in [2.45, 2.75) is 19.6 Å². The molecule has 0 aliphatic carbocycles. The van der Waals surface area contributed by atoms with Crippen LogP contribution in [0.2, 0.25) is 0 Å². The summed E-state index contributed by atoms with van der Waals surface area (Å²) >= 11 is 0. The quantitative estimate of drug-likeness (QED) is 0.622. The van der Waals surface area contributed by atoms with Crippen LogP contribution in [0.15, 0.2) is 11.8 Å². The van der Waals surface area contributed by atoms with Crippen LogP contribution in [0.1, 0.15) is 13.3 Å². The summed E-state index contributed by atoms with van der Waals surface area (Å²) in [5.41, 5.74) is 0. The van der Waals surface area contributed by atoms with Crippen LogP contribution in [-0.2, 0) is 9.47 Å². The van der Waals surface area contributed by atoms with Crippen LogP contribution in [0.3, 0.4) is 0 Å². The van der Waals surface area contributed by atoms with E-state index in [1.165, 1.54) is 7.11 Å². The van der Waals surface area contributed by atoms with Gasteiger partial charge in [0.25, 0.3) is 0 Å². The summed E-state index contributed by atoms with van der Waals surface area (Å²) in [7, 11) is 1.35. The summed E-state index contributed by atoms with van der Waals surface area (Å²) < 4.78 is 10.2. The Morgan fingerprint density at radius 3 is 3.12 bits per heavy atom. The zero-order chi connectivity index (χ0) is 11.7. The molecule has 0 unspecified atom stereocenters. The van der Waals surface area contributed by atoms with E-state index in [1.807, 2.05) is 19.1 Å². The highest BCUT2D eigenvalue weighted by atomic mass is 16.6. The third-order valence-electron chi connectivity index (χ3n) is 3.23. The minimum Gasteiger partial charge on any atom is -0.460 e. The first kappa shape index (κ1) is 10.8. The average Bonchev–Trinajstić information content (AvgIpc) is 2.72. The van der Waals surface area contributed by atoms with Gasteiger partial charge in [0.15, 0.2) is 12.0 Å². The van der Waals surface area contributed by atoms with Crippen LogP contribution in [0.25, 0.3) is 0 Å². The Kier molecular flexibility index (Phi) is 2.73. The van der Waals surface area contributed by atoms with Crippen molar-refractivity contribution in [2.24, 2.45) is 11.8 Å². The van der Waals surface area contributed by atoms with Gasteiger partial charge in [-0.2, -0.15) is 5.26 Å². The second-order valence-electron chi connectivity index (χ2n) is 4.13. The molecule has 86 valence electrons. The Labute approximate surface area is 94.2 Å². The number of nitriles is 1. The fraction of sp³-hybridized carbons (Fsp3) is 0.636. The molecule has 2 heterocycles. The molecule has 0 aromatic carbocycles. The first-order valence-corrected chi connectivity index (χ1v) is 5.30. The van der Waals surface area contributed by atoms with Gasteiger partial charge in [0.05, 0.1) is 7.11 Å². The normalized spacial score (nSPS) is 32.2. The highest BCUT2D eigenvalue weighted by molar-refractivity contribution is 5.68. The number of methoxy groups -OCH3 is 1. The zero-order valence-electron chi connectivity index (χ0n) is 9.34. The number of likely N-dealkylation sites (tertiary alicyclic amines) is 1. The molecule has 3 atom stereocenters. The van der Waals surface area contributed by atoms with Crippen LogP contribution < -0.4 is 0 Å². The number of fused-ring (bicyclic) bond motifs is 1. The van der Waals surface area contributed by atoms with E-state index in [1.54, 1.807) is 4.90 Å². The van der Waals surface area contributed by atoms with Gasteiger partial charge in [0, 0.05) is 12.5 Å². The van der Waals surface area contributed by atoms with Gasteiger partial charge < -0.3 is 9.47 Å². The topological polar surface area (TPSA) is 62.6 Å². The Morgan fingerprint density at radius 2 is 2.50 bits per heavy atom. The molecule has 1 amide bonds. The predicted octanol–water partition coefficient (Wildman–Crippen LogP) is 1.47. The van der Waals surface area contributed by atoms with Crippen LogP contribution in [-0.4, -0.2) is 30.9 Å². The average molecular weight is 222 g/mol. The predicted molar refractivity (Wildman–Crippen MR) is 55.0 cm³/mol. The van der Waals surface area contributed by atoms with E-state index in [9.17, 15) is 4.79 Å². The van der Waals surface area contributed by atoms with E-state index in [0.717, 1.165) is 6.42 Å². The molecule has 0 saturated carbocycles. The third kappa shape index (κ3) is 1.60. The number of nitrogens with zero attached hydrogens (tertiary/aromatic N) is 2. The molecule has 2 aliphatic heterocycles. The Morgan fingerprint density at radius 1 is 1.75 bits per heavy atom. The summed E-state index contributed by atoms with van der Waals surface area (Å²) in [6.07, 6.45) is 1.97. The standard InChI is InChI=1S/C11H14N2O3/c1-7-5-8(6-12)16-10-9(7)3-4-13(10)11(14)15-2/h5,7,9-10H,3-4H2,1-2H3/t7-,9+,10+/m0/s1. The van der Waals surface area contributed by atoms with E-state index in [4.69, 9.17) is 14.7 Å². The van der Waals surface area contributed by atoms with Gasteiger partial charge in [-0.15, -0.1) is 0 Å². The van der Waals surface area contributed by atoms with Crippen molar-refractivity contribution in [1.29, 1.82) is 5.26 Å². The van der Waals surface area contributed by atoms with E-state index in [2.05, 4.69) is 0 Å². The lowest BCUT2D eigenvalue weighted by Gasteiger charge is -2.32.